The van der Waals surface area contributed by atoms with Gasteiger partial charge in [0.05, 0.1) is 13.2 Å². The zero-order valence-corrected chi connectivity index (χ0v) is 19.0. The standard InChI is InChI=1S/C24H28N6O3/c1-15-16(2)27-28-22(15)21(31)12-17-11-19-13-20(26-23(19)25-14-17)18-3-5-29(6-4-18)24(32)30-7-9-33-10-8-30/h3,11,13-14H,4-10,12H2,1-2H3,(H,25,26)(H,27,28). The van der Waals surface area contributed by atoms with Crippen LogP contribution in [0.4, 0.5) is 4.79 Å². The number of aromatic amines is 2. The van der Waals surface area contributed by atoms with Crippen molar-refractivity contribution in [3.8, 4) is 0 Å². The minimum absolute atomic E-state index is 0.0197. The van der Waals surface area contributed by atoms with E-state index in [1.165, 1.54) is 5.57 Å². The fourth-order valence-corrected chi connectivity index (χ4v) is 4.40. The Bertz CT molecular complexity index is 1230. The molecule has 172 valence electrons. The van der Waals surface area contributed by atoms with E-state index in [1.54, 1.807) is 6.20 Å². The summed E-state index contributed by atoms with van der Waals surface area (Å²) in [4.78, 5) is 37.0. The maximum absolute atomic E-state index is 12.7. The predicted molar refractivity (Wildman–Crippen MR) is 124 cm³/mol. The van der Waals surface area contributed by atoms with E-state index in [1.807, 2.05) is 29.7 Å². The second-order valence-electron chi connectivity index (χ2n) is 8.69. The van der Waals surface area contributed by atoms with E-state index in [0.717, 1.165) is 40.0 Å². The number of rotatable bonds is 4. The molecule has 2 aliphatic heterocycles. The van der Waals surface area contributed by atoms with E-state index in [0.29, 0.717) is 45.1 Å². The molecule has 5 rings (SSSR count). The molecule has 9 heteroatoms. The number of morpholine rings is 1. The number of aromatic nitrogens is 4. The van der Waals surface area contributed by atoms with Crippen molar-refractivity contribution in [1.29, 1.82) is 0 Å². The number of pyridine rings is 1. The van der Waals surface area contributed by atoms with Crippen LogP contribution in [0.1, 0.15) is 39.4 Å². The number of aryl methyl sites for hydroxylation is 1. The van der Waals surface area contributed by atoms with Gasteiger partial charge in [-0.15, -0.1) is 0 Å². The molecule has 0 aromatic carbocycles. The van der Waals surface area contributed by atoms with E-state index in [4.69, 9.17) is 4.74 Å². The summed E-state index contributed by atoms with van der Waals surface area (Å²) in [5, 5.41) is 7.98. The first kappa shape index (κ1) is 21.4. The third-order valence-corrected chi connectivity index (χ3v) is 6.52. The minimum Gasteiger partial charge on any atom is -0.378 e. The summed E-state index contributed by atoms with van der Waals surface area (Å²) in [6.07, 6.45) is 4.90. The molecule has 33 heavy (non-hydrogen) atoms. The lowest BCUT2D eigenvalue weighted by molar-refractivity contribution is 0.0441. The van der Waals surface area contributed by atoms with Gasteiger partial charge in [0.2, 0.25) is 0 Å². The molecule has 0 aliphatic carbocycles. The molecule has 2 amide bonds. The zero-order chi connectivity index (χ0) is 22.9. The van der Waals surface area contributed by atoms with Crippen molar-refractivity contribution in [3.63, 3.8) is 0 Å². The number of amides is 2. The molecule has 0 bridgehead atoms. The molecule has 0 unspecified atom stereocenters. The average Bonchev–Trinajstić information content (AvgIpc) is 3.42. The van der Waals surface area contributed by atoms with Gasteiger partial charge in [-0.3, -0.25) is 9.89 Å². The van der Waals surface area contributed by atoms with Crippen LogP contribution in [-0.2, 0) is 11.2 Å². The average molecular weight is 449 g/mol. The van der Waals surface area contributed by atoms with Gasteiger partial charge in [0.1, 0.15) is 11.3 Å². The first-order valence-corrected chi connectivity index (χ1v) is 11.3. The lowest BCUT2D eigenvalue weighted by Gasteiger charge is -2.34. The molecule has 0 saturated carbocycles. The largest absolute Gasteiger partial charge is 0.378 e. The van der Waals surface area contributed by atoms with Gasteiger partial charge in [-0.1, -0.05) is 6.08 Å². The third-order valence-electron chi connectivity index (χ3n) is 6.52. The van der Waals surface area contributed by atoms with Crippen molar-refractivity contribution in [1.82, 2.24) is 30.0 Å². The Kier molecular flexibility index (Phi) is 5.72. The molecule has 0 spiro atoms. The van der Waals surface area contributed by atoms with Crippen LogP contribution in [-0.4, -0.2) is 81.2 Å². The van der Waals surface area contributed by atoms with Crippen molar-refractivity contribution >= 4 is 28.4 Å². The van der Waals surface area contributed by atoms with Gasteiger partial charge in [-0.05, 0) is 43.5 Å². The van der Waals surface area contributed by atoms with Gasteiger partial charge in [0.25, 0.3) is 0 Å². The van der Waals surface area contributed by atoms with Gasteiger partial charge in [0.15, 0.2) is 5.78 Å². The Morgan fingerprint density at radius 1 is 1.12 bits per heavy atom. The summed E-state index contributed by atoms with van der Waals surface area (Å²) in [6, 6.07) is 4.17. The van der Waals surface area contributed by atoms with Crippen LogP contribution in [0.3, 0.4) is 0 Å². The second kappa shape index (κ2) is 8.82. The van der Waals surface area contributed by atoms with Crippen LogP contribution in [0.15, 0.2) is 24.4 Å². The lowest BCUT2D eigenvalue weighted by atomic mass is 10.0. The molecule has 0 atom stereocenters. The number of H-pyrrole nitrogens is 2. The van der Waals surface area contributed by atoms with E-state index in [2.05, 4.69) is 32.3 Å². The van der Waals surface area contributed by atoms with Gasteiger partial charge in [0, 0.05) is 61.1 Å². The molecule has 3 aromatic heterocycles. The van der Waals surface area contributed by atoms with Crippen LogP contribution >= 0.6 is 0 Å². The van der Waals surface area contributed by atoms with Crippen molar-refractivity contribution < 1.29 is 14.3 Å². The predicted octanol–water partition coefficient (Wildman–Crippen LogP) is 2.87. The highest BCUT2D eigenvalue weighted by Crippen LogP contribution is 2.26. The minimum atomic E-state index is -0.0197. The quantitative estimate of drug-likeness (QED) is 0.597. The zero-order valence-electron chi connectivity index (χ0n) is 19.0. The normalized spacial score (nSPS) is 16.8. The number of nitrogens with zero attached hydrogens (tertiary/aromatic N) is 4. The highest BCUT2D eigenvalue weighted by atomic mass is 16.5. The highest BCUT2D eigenvalue weighted by Gasteiger charge is 2.25. The van der Waals surface area contributed by atoms with Crippen molar-refractivity contribution in [3.05, 3.63) is 52.6 Å². The fraction of sp³-hybridized carbons (Fsp3) is 0.417. The topological polar surface area (TPSA) is 107 Å². The summed E-state index contributed by atoms with van der Waals surface area (Å²) in [5.41, 5.74) is 6.14. The molecular weight excluding hydrogens is 420 g/mol. The van der Waals surface area contributed by atoms with E-state index < -0.39 is 0 Å². The number of carbonyl (C=O) groups excluding carboxylic acids is 2. The van der Waals surface area contributed by atoms with Crippen LogP contribution < -0.4 is 0 Å². The Hall–Kier alpha value is -3.46. The molecule has 3 aromatic rings. The number of hydrogen-bond donors (Lipinski definition) is 2. The van der Waals surface area contributed by atoms with Gasteiger partial charge >= 0.3 is 6.03 Å². The van der Waals surface area contributed by atoms with Crippen molar-refractivity contribution in [2.75, 3.05) is 39.4 Å². The monoisotopic (exact) mass is 448 g/mol. The summed E-state index contributed by atoms with van der Waals surface area (Å²) in [6.45, 7) is 7.62. The number of hydrogen-bond acceptors (Lipinski definition) is 5. The van der Waals surface area contributed by atoms with E-state index >= 15 is 0 Å². The Morgan fingerprint density at radius 2 is 1.94 bits per heavy atom. The molecule has 2 N–H and O–H groups in total. The maximum atomic E-state index is 12.7. The molecule has 9 nitrogen and oxygen atoms in total. The van der Waals surface area contributed by atoms with Crippen LogP contribution in [0, 0.1) is 13.8 Å². The van der Waals surface area contributed by atoms with Crippen molar-refractivity contribution in [2.24, 2.45) is 0 Å². The summed E-state index contributed by atoms with van der Waals surface area (Å²) >= 11 is 0. The number of ether oxygens (including phenoxy) is 1. The SMILES string of the molecule is Cc1[nH]nc(C(=O)Cc2cnc3[nH]c(C4=CCN(C(=O)N5CCOCC5)CC4)cc3c2)c1C. The van der Waals surface area contributed by atoms with Gasteiger partial charge < -0.3 is 19.5 Å². The number of ketones is 1. The first-order valence-electron chi connectivity index (χ1n) is 11.3. The molecule has 0 radical (unpaired) electrons. The Morgan fingerprint density at radius 3 is 2.64 bits per heavy atom. The number of Topliss-reactive ketones (excluding diaryl/α,β-unsaturated/α-hetero) is 1. The maximum Gasteiger partial charge on any atom is 0.320 e. The summed E-state index contributed by atoms with van der Waals surface area (Å²) < 4.78 is 5.34. The summed E-state index contributed by atoms with van der Waals surface area (Å²) in [7, 11) is 0. The van der Waals surface area contributed by atoms with E-state index in [9.17, 15) is 9.59 Å². The van der Waals surface area contributed by atoms with Gasteiger partial charge in [-0.25, -0.2) is 9.78 Å². The van der Waals surface area contributed by atoms with Crippen LogP contribution in [0.5, 0.6) is 0 Å². The molecule has 1 fully saturated rings. The van der Waals surface area contributed by atoms with Gasteiger partial charge in [-0.2, -0.15) is 5.10 Å². The Balaban J connectivity index is 1.28. The van der Waals surface area contributed by atoms with Crippen molar-refractivity contribution in [2.45, 2.75) is 26.7 Å². The number of nitrogens with one attached hydrogen (secondary N) is 2. The fourth-order valence-electron chi connectivity index (χ4n) is 4.40. The summed E-state index contributed by atoms with van der Waals surface area (Å²) in [5.74, 6) is -0.0197. The van der Waals surface area contributed by atoms with Crippen LogP contribution in [0.25, 0.3) is 16.6 Å². The smallest absolute Gasteiger partial charge is 0.320 e. The third kappa shape index (κ3) is 4.28. The van der Waals surface area contributed by atoms with Crippen LogP contribution in [0.2, 0.25) is 0 Å². The number of carbonyl (C=O) groups is 2. The number of fused-ring (bicyclic) bond motifs is 1. The highest BCUT2D eigenvalue weighted by molar-refractivity contribution is 5.97. The number of urea groups is 1. The molecule has 2 aliphatic rings. The lowest BCUT2D eigenvalue weighted by Crippen LogP contribution is -2.49. The Labute approximate surface area is 191 Å². The molecule has 5 heterocycles. The first-order chi connectivity index (χ1) is 16.0. The molecule has 1 saturated heterocycles. The van der Waals surface area contributed by atoms with E-state index in [-0.39, 0.29) is 18.2 Å². The second-order valence-corrected chi connectivity index (χ2v) is 8.69. The molecular formula is C24H28N6O3.